The highest BCUT2D eigenvalue weighted by Gasteiger charge is 2.15. The number of rotatable bonds is 2. The first-order chi connectivity index (χ1) is 8.34. The van der Waals surface area contributed by atoms with Crippen LogP contribution in [-0.2, 0) is 0 Å². The van der Waals surface area contributed by atoms with E-state index in [0.717, 1.165) is 30.0 Å². The summed E-state index contributed by atoms with van der Waals surface area (Å²) in [4.78, 5) is 6.31. The number of hydrogen-bond acceptors (Lipinski definition) is 5. The Labute approximate surface area is 98.5 Å². The summed E-state index contributed by atoms with van der Waals surface area (Å²) in [5, 5.41) is 3.95. The molecule has 86 valence electrons. The van der Waals surface area contributed by atoms with Crippen molar-refractivity contribution in [2.24, 2.45) is 4.99 Å². The quantitative estimate of drug-likeness (QED) is 0.850. The third kappa shape index (κ3) is 1.75. The Morgan fingerprint density at radius 2 is 2.18 bits per heavy atom. The van der Waals surface area contributed by atoms with Crippen LogP contribution in [0.4, 0.5) is 11.6 Å². The van der Waals surface area contributed by atoms with E-state index in [9.17, 15) is 0 Å². The van der Waals surface area contributed by atoms with Gasteiger partial charge in [0.05, 0.1) is 18.6 Å². The van der Waals surface area contributed by atoms with Crippen LogP contribution in [0.25, 0.3) is 11.3 Å². The number of hydrogen-bond donors (Lipinski definition) is 1. The van der Waals surface area contributed by atoms with Gasteiger partial charge >= 0.3 is 0 Å². The molecule has 5 nitrogen and oxygen atoms in total. The normalized spacial score (nSPS) is 14.5. The third-order valence-electron chi connectivity index (χ3n) is 2.71. The minimum atomic E-state index is 0.324. The molecule has 0 spiro atoms. The molecular formula is C12H12N4O. The second-order valence-electron chi connectivity index (χ2n) is 3.85. The Hall–Kier alpha value is -2.30. The van der Waals surface area contributed by atoms with Crippen LogP contribution < -0.4 is 10.6 Å². The lowest BCUT2D eigenvalue weighted by atomic mass is 10.1. The zero-order chi connectivity index (χ0) is 11.7. The Morgan fingerprint density at radius 1 is 1.29 bits per heavy atom. The topological polar surface area (TPSA) is 67.7 Å². The van der Waals surface area contributed by atoms with E-state index in [4.69, 9.17) is 10.3 Å². The van der Waals surface area contributed by atoms with Gasteiger partial charge in [-0.15, -0.1) is 0 Å². The molecule has 0 saturated carbocycles. The van der Waals surface area contributed by atoms with Gasteiger partial charge in [-0.3, -0.25) is 4.99 Å². The molecule has 1 aromatic heterocycles. The molecule has 1 aromatic carbocycles. The lowest BCUT2D eigenvalue weighted by Gasteiger charge is -2.16. The van der Waals surface area contributed by atoms with Crippen molar-refractivity contribution in [2.75, 3.05) is 23.7 Å². The summed E-state index contributed by atoms with van der Waals surface area (Å²) >= 11 is 0. The molecule has 0 aliphatic carbocycles. The average Bonchev–Trinajstić information content (AvgIpc) is 3.00. The van der Waals surface area contributed by atoms with Crippen molar-refractivity contribution >= 4 is 17.9 Å². The van der Waals surface area contributed by atoms with Crippen molar-refractivity contribution in [2.45, 2.75) is 0 Å². The molecule has 0 amide bonds. The molecule has 0 saturated heterocycles. The van der Waals surface area contributed by atoms with Gasteiger partial charge in [-0.1, -0.05) is 23.4 Å². The average molecular weight is 228 g/mol. The minimum Gasteiger partial charge on any atom is -0.368 e. The summed E-state index contributed by atoms with van der Waals surface area (Å²) in [7, 11) is 0. The molecule has 2 heterocycles. The van der Waals surface area contributed by atoms with Crippen LogP contribution >= 0.6 is 0 Å². The van der Waals surface area contributed by atoms with E-state index in [1.54, 1.807) is 6.07 Å². The number of aromatic nitrogens is 1. The molecule has 2 aromatic rings. The summed E-state index contributed by atoms with van der Waals surface area (Å²) in [6, 6.07) is 9.73. The summed E-state index contributed by atoms with van der Waals surface area (Å²) in [6.45, 7) is 1.72. The van der Waals surface area contributed by atoms with Gasteiger partial charge in [0.2, 0.25) is 5.88 Å². The van der Waals surface area contributed by atoms with E-state index in [2.05, 4.69) is 15.0 Å². The maximum absolute atomic E-state index is 5.55. The Morgan fingerprint density at radius 3 is 2.88 bits per heavy atom. The molecule has 1 aliphatic rings. The number of nitrogens with two attached hydrogens (primary N) is 1. The van der Waals surface area contributed by atoms with Gasteiger partial charge in [0.1, 0.15) is 5.69 Å². The second kappa shape index (κ2) is 3.93. The van der Waals surface area contributed by atoms with E-state index >= 15 is 0 Å². The summed E-state index contributed by atoms with van der Waals surface area (Å²) in [5.74, 6) is 0.324. The Balaban J connectivity index is 2.07. The lowest BCUT2D eigenvalue weighted by Crippen LogP contribution is -2.18. The number of para-hydroxylation sites is 1. The molecule has 0 fully saturated rings. The molecule has 3 rings (SSSR count). The van der Waals surface area contributed by atoms with Crippen LogP contribution in [0.3, 0.4) is 0 Å². The summed E-state index contributed by atoms with van der Waals surface area (Å²) in [6.07, 6.45) is 1.85. The van der Waals surface area contributed by atoms with Crippen LogP contribution in [0.2, 0.25) is 0 Å². The molecule has 5 heteroatoms. The fourth-order valence-corrected chi connectivity index (χ4v) is 1.92. The van der Waals surface area contributed by atoms with Gasteiger partial charge < -0.3 is 15.2 Å². The fourth-order valence-electron chi connectivity index (χ4n) is 1.92. The van der Waals surface area contributed by atoms with Gasteiger partial charge in [0, 0.05) is 18.2 Å². The fraction of sp³-hybridized carbons (Fsp3) is 0.167. The second-order valence-corrected chi connectivity index (χ2v) is 3.85. The molecular weight excluding hydrogens is 216 g/mol. The first kappa shape index (κ1) is 9.89. The predicted octanol–water partition coefficient (Wildman–Crippen LogP) is 1.77. The van der Waals surface area contributed by atoms with Gasteiger partial charge in [-0.05, 0) is 6.07 Å². The van der Waals surface area contributed by atoms with Crippen molar-refractivity contribution in [3.8, 4) is 11.3 Å². The monoisotopic (exact) mass is 228 g/mol. The van der Waals surface area contributed by atoms with Crippen molar-refractivity contribution in [3.63, 3.8) is 0 Å². The first-order valence-corrected chi connectivity index (χ1v) is 5.43. The Bertz CT molecular complexity index is 561. The van der Waals surface area contributed by atoms with Gasteiger partial charge in [-0.2, -0.15) is 0 Å². The van der Waals surface area contributed by atoms with Crippen LogP contribution in [0.1, 0.15) is 0 Å². The smallest absolute Gasteiger partial charge is 0.222 e. The van der Waals surface area contributed by atoms with Crippen LogP contribution in [0.5, 0.6) is 0 Å². The highest BCUT2D eigenvalue weighted by molar-refractivity contribution is 5.89. The number of nitrogens with zero attached hydrogens (tertiary/aromatic N) is 3. The maximum Gasteiger partial charge on any atom is 0.222 e. The zero-order valence-corrected chi connectivity index (χ0v) is 9.21. The molecule has 0 unspecified atom stereocenters. The Kier molecular flexibility index (Phi) is 2.29. The summed E-state index contributed by atoms with van der Waals surface area (Å²) in [5.41, 5.74) is 8.37. The van der Waals surface area contributed by atoms with E-state index in [1.165, 1.54) is 0 Å². The van der Waals surface area contributed by atoms with Crippen molar-refractivity contribution in [1.82, 2.24) is 5.16 Å². The molecule has 0 radical (unpaired) electrons. The van der Waals surface area contributed by atoms with Crippen molar-refractivity contribution in [1.29, 1.82) is 0 Å². The summed E-state index contributed by atoms with van der Waals surface area (Å²) < 4.78 is 4.91. The number of nitrogen functional groups attached to an aromatic ring is 1. The van der Waals surface area contributed by atoms with Gasteiger partial charge in [-0.25, -0.2) is 0 Å². The van der Waals surface area contributed by atoms with E-state index in [-0.39, 0.29) is 0 Å². The number of anilines is 2. The van der Waals surface area contributed by atoms with Crippen LogP contribution in [0.15, 0.2) is 39.8 Å². The predicted molar refractivity (Wildman–Crippen MR) is 67.1 cm³/mol. The first-order valence-electron chi connectivity index (χ1n) is 5.43. The molecule has 17 heavy (non-hydrogen) atoms. The molecule has 2 N–H and O–H groups in total. The van der Waals surface area contributed by atoms with E-state index < -0.39 is 0 Å². The van der Waals surface area contributed by atoms with Gasteiger partial charge in [0.25, 0.3) is 0 Å². The number of aliphatic imine (C=N–C) groups is 1. The highest BCUT2D eigenvalue weighted by atomic mass is 16.5. The zero-order valence-electron chi connectivity index (χ0n) is 9.21. The number of benzene rings is 1. The third-order valence-corrected chi connectivity index (χ3v) is 2.71. The van der Waals surface area contributed by atoms with Crippen LogP contribution in [-0.4, -0.2) is 24.6 Å². The molecule has 1 aliphatic heterocycles. The van der Waals surface area contributed by atoms with E-state index in [1.807, 2.05) is 30.6 Å². The molecule has 0 bridgehead atoms. The van der Waals surface area contributed by atoms with Crippen LogP contribution in [0, 0.1) is 0 Å². The maximum atomic E-state index is 5.55. The van der Waals surface area contributed by atoms with Crippen molar-refractivity contribution in [3.05, 3.63) is 30.3 Å². The highest BCUT2D eigenvalue weighted by Crippen LogP contribution is 2.30. The largest absolute Gasteiger partial charge is 0.368 e. The standard InChI is InChI=1S/C12H12N4O/c13-12-7-10(15-17-12)9-3-1-2-4-11(9)16-6-5-14-8-16/h1-4,7-8H,5-6,13H2. The van der Waals surface area contributed by atoms with Crippen molar-refractivity contribution < 1.29 is 4.52 Å². The lowest BCUT2D eigenvalue weighted by molar-refractivity contribution is 0.439. The van der Waals surface area contributed by atoms with Gasteiger partial charge in [0.15, 0.2) is 0 Å². The minimum absolute atomic E-state index is 0.324. The molecule has 0 atom stereocenters. The SMILES string of the molecule is Nc1cc(-c2ccccc2N2C=NCC2)no1. The van der Waals surface area contributed by atoms with E-state index in [0.29, 0.717) is 5.88 Å².